The molecule has 0 N–H and O–H groups in total. The second kappa shape index (κ2) is 8.39. The summed E-state index contributed by atoms with van der Waals surface area (Å²) in [5.41, 5.74) is 5.70. The summed E-state index contributed by atoms with van der Waals surface area (Å²) in [5, 5.41) is 4.14. The maximum Gasteiger partial charge on any atom is 0.243 e. The molecule has 2 aromatic carbocycles. The van der Waals surface area contributed by atoms with E-state index in [2.05, 4.69) is 17.1 Å². The van der Waals surface area contributed by atoms with Crippen LogP contribution in [0.1, 0.15) is 52.5 Å². The number of fused-ring (bicyclic) bond motifs is 1. The van der Waals surface area contributed by atoms with E-state index < -0.39 is 10.0 Å². The minimum atomic E-state index is -3.59. The third-order valence-electron chi connectivity index (χ3n) is 7.40. The number of hydrogen-bond acceptors (Lipinski definition) is 7. The van der Waals surface area contributed by atoms with Crippen LogP contribution in [0.3, 0.4) is 0 Å². The van der Waals surface area contributed by atoms with Crippen molar-refractivity contribution in [3.8, 4) is 22.9 Å². The molecule has 2 aliphatic heterocycles. The molecule has 0 amide bonds. The van der Waals surface area contributed by atoms with Gasteiger partial charge >= 0.3 is 0 Å². The Morgan fingerprint density at radius 1 is 0.882 bits per heavy atom. The van der Waals surface area contributed by atoms with Crippen molar-refractivity contribution in [2.45, 2.75) is 58.3 Å². The van der Waals surface area contributed by atoms with Gasteiger partial charge in [-0.25, -0.2) is 8.42 Å². The fourth-order valence-electron chi connectivity index (χ4n) is 4.88. The quantitative estimate of drug-likeness (QED) is 0.536. The topological polar surface area (TPSA) is 94.8 Å². The van der Waals surface area contributed by atoms with Crippen LogP contribution in [0.25, 0.3) is 11.4 Å². The molecule has 2 aliphatic rings. The molecule has 0 bridgehead atoms. The highest BCUT2D eigenvalue weighted by Crippen LogP contribution is 2.37. The van der Waals surface area contributed by atoms with Gasteiger partial charge < -0.3 is 14.0 Å². The molecule has 0 radical (unpaired) electrons. The van der Waals surface area contributed by atoms with E-state index in [1.165, 1.54) is 0 Å². The molecule has 180 valence electrons. The number of rotatable bonds is 4. The smallest absolute Gasteiger partial charge is 0.243 e. The number of aromatic nitrogens is 2. The summed E-state index contributed by atoms with van der Waals surface area (Å²) < 4.78 is 45.2. The Morgan fingerprint density at radius 3 is 2.18 bits per heavy atom. The summed E-state index contributed by atoms with van der Waals surface area (Å²) in [5.74, 6) is 2.41. The zero-order chi connectivity index (χ0) is 24.2. The maximum atomic E-state index is 13.6. The lowest BCUT2D eigenvalue weighted by atomic mass is 9.95. The minimum absolute atomic E-state index is 0.0189. The monoisotopic (exact) mass is 483 g/mol. The Kier molecular flexibility index (Phi) is 5.64. The van der Waals surface area contributed by atoms with Crippen molar-refractivity contribution in [2.24, 2.45) is 0 Å². The average Bonchev–Trinajstić information content (AvgIpc) is 3.51. The SMILES string of the molecule is Cc1c(C)c(C)c(S(=O)(=O)N2CCC(c3nc(-c4ccc5c(c4)OCO5)no3)CC2)c(C)c1C. The van der Waals surface area contributed by atoms with Gasteiger partial charge in [-0.15, -0.1) is 0 Å². The summed E-state index contributed by atoms with van der Waals surface area (Å²) in [6.45, 7) is 10.9. The van der Waals surface area contributed by atoms with Crippen molar-refractivity contribution < 1.29 is 22.4 Å². The number of hydrogen-bond donors (Lipinski definition) is 0. The van der Waals surface area contributed by atoms with E-state index in [1.54, 1.807) is 4.31 Å². The Morgan fingerprint density at radius 2 is 1.50 bits per heavy atom. The van der Waals surface area contributed by atoms with Gasteiger partial charge in [0.05, 0.1) is 4.90 Å². The minimum Gasteiger partial charge on any atom is -0.454 e. The molecule has 0 unspecified atom stereocenters. The van der Waals surface area contributed by atoms with Crippen LogP contribution in [0.5, 0.6) is 11.5 Å². The molecule has 1 saturated heterocycles. The van der Waals surface area contributed by atoms with E-state index in [9.17, 15) is 8.42 Å². The predicted octanol–water partition coefficient (Wildman–Crippen LogP) is 4.58. The van der Waals surface area contributed by atoms with Crippen molar-refractivity contribution in [3.63, 3.8) is 0 Å². The van der Waals surface area contributed by atoms with E-state index in [-0.39, 0.29) is 12.7 Å². The van der Waals surface area contributed by atoms with Gasteiger partial charge in [0.1, 0.15) is 0 Å². The van der Waals surface area contributed by atoms with Crippen LogP contribution in [0.2, 0.25) is 0 Å². The lowest BCUT2D eigenvalue weighted by molar-refractivity contribution is 0.174. The van der Waals surface area contributed by atoms with E-state index in [1.807, 2.05) is 45.9 Å². The van der Waals surface area contributed by atoms with Crippen molar-refractivity contribution in [1.82, 2.24) is 14.4 Å². The maximum absolute atomic E-state index is 13.6. The molecular formula is C25H29N3O5S. The lowest BCUT2D eigenvalue weighted by Gasteiger charge is -2.31. The molecule has 3 aromatic rings. The summed E-state index contributed by atoms with van der Waals surface area (Å²) in [6, 6.07) is 5.53. The van der Waals surface area contributed by atoms with Gasteiger partial charge in [0.15, 0.2) is 11.5 Å². The highest BCUT2D eigenvalue weighted by molar-refractivity contribution is 7.89. The van der Waals surface area contributed by atoms with E-state index in [0.717, 1.165) is 33.4 Å². The van der Waals surface area contributed by atoms with Gasteiger partial charge in [-0.1, -0.05) is 5.16 Å². The van der Waals surface area contributed by atoms with Gasteiger partial charge in [-0.3, -0.25) is 0 Å². The molecule has 1 fully saturated rings. The third kappa shape index (κ3) is 3.67. The molecule has 0 spiro atoms. The summed E-state index contributed by atoms with van der Waals surface area (Å²) in [4.78, 5) is 5.05. The van der Waals surface area contributed by atoms with Gasteiger partial charge in [0, 0.05) is 24.6 Å². The molecular weight excluding hydrogens is 454 g/mol. The first-order valence-corrected chi connectivity index (χ1v) is 12.9. The number of piperidine rings is 1. The number of nitrogens with zero attached hydrogens (tertiary/aromatic N) is 3. The molecule has 34 heavy (non-hydrogen) atoms. The molecule has 8 nitrogen and oxygen atoms in total. The Labute approximate surface area is 199 Å². The second-order valence-electron chi connectivity index (χ2n) is 9.16. The van der Waals surface area contributed by atoms with Crippen molar-refractivity contribution in [2.75, 3.05) is 19.9 Å². The molecule has 0 aliphatic carbocycles. The molecule has 9 heteroatoms. The average molecular weight is 484 g/mol. The highest BCUT2D eigenvalue weighted by atomic mass is 32.2. The van der Waals surface area contributed by atoms with Gasteiger partial charge in [0.2, 0.25) is 28.5 Å². The fourth-order valence-corrected chi connectivity index (χ4v) is 6.91. The van der Waals surface area contributed by atoms with Gasteiger partial charge in [-0.05, 0) is 93.5 Å². The second-order valence-corrected chi connectivity index (χ2v) is 11.0. The van der Waals surface area contributed by atoms with Crippen LogP contribution in [0, 0.1) is 34.6 Å². The highest BCUT2D eigenvalue weighted by Gasteiger charge is 2.35. The van der Waals surface area contributed by atoms with E-state index >= 15 is 0 Å². The van der Waals surface area contributed by atoms with Gasteiger partial charge in [0.25, 0.3) is 0 Å². The van der Waals surface area contributed by atoms with Crippen molar-refractivity contribution >= 4 is 10.0 Å². The van der Waals surface area contributed by atoms with Crippen LogP contribution >= 0.6 is 0 Å². The Balaban J connectivity index is 1.33. The Hall–Kier alpha value is -2.91. The largest absolute Gasteiger partial charge is 0.454 e. The third-order valence-corrected chi connectivity index (χ3v) is 9.58. The first-order chi connectivity index (χ1) is 16.2. The molecule has 3 heterocycles. The van der Waals surface area contributed by atoms with Crippen molar-refractivity contribution in [1.29, 1.82) is 0 Å². The summed E-state index contributed by atoms with van der Waals surface area (Å²) in [7, 11) is -3.59. The zero-order valence-corrected chi connectivity index (χ0v) is 21.0. The van der Waals surface area contributed by atoms with Crippen LogP contribution in [0.4, 0.5) is 0 Å². The number of ether oxygens (including phenoxy) is 2. The molecule has 5 rings (SSSR count). The Bertz CT molecular complexity index is 1340. The lowest BCUT2D eigenvalue weighted by Crippen LogP contribution is -2.38. The van der Waals surface area contributed by atoms with Crippen LogP contribution in [0.15, 0.2) is 27.6 Å². The van der Waals surface area contributed by atoms with Crippen LogP contribution in [-0.4, -0.2) is 42.7 Å². The summed E-state index contributed by atoms with van der Waals surface area (Å²) >= 11 is 0. The molecule has 1 aromatic heterocycles. The van der Waals surface area contributed by atoms with Crippen molar-refractivity contribution in [3.05, 3.63) is 51.9 Å². The standard InChI is InChI=1S/C25H29N3O5S/c1-14-15(2)17(4)23(18(5)16(14)3)34(29,30)28-10-8-19(9-11-28)25-26-24(27-33-25)20-6-7-21-22(12-20)32-13-31-21/h6-7,12,19H,8-11,13H2,1-5H3. The first-order valence-electron chi connectivity index (χ1n) is 11.5. The zero-order valence-electron chi connectivity index (χ0n) is 20.1. The van der Waals surface area contributed by atoms with E-state index in [0.29, 0.717) is 54.0 Å². The number of sulfonamides is 1. The molecule has 0 saturated carbocycles. The first kappa shape index (κ1) is 22.9. The predicted molar refractivity (Wildman–Crippen MR) is 127 cm³/mol. The normalized spacial score (nSPS) is 16.9. The van der Waals surface area contributed by atoms with Crippen LogP contribution in [-0.2, 0) is 10.0 Å². The summed E-state index contributed by atoms with van der Waals surface area (Å²) in [6.07, 6.45) is 1.26. The molecule has 0 atom stereocenters. The van der Waals surface area contributed by atoms with E-state index in [4.69, 9.17) is 14.0 Å². The van der Waals surface area contributed by atoms with Gasteiger partial charge in [-0.2, -0.15) is 9.29 Å². The number of benzene rings is 2. The van der Waals surface area contributed by atoms with Crippen LogP contribution < -0.4 is 9.47 Å². The fraction of sp³-hybridized carbons (Fsp3) is 0.440.